The predicted octanol–water partition coefficient (Wildman–Crippen LogP) is 5.26. The lowest BCUT2D eigenvalue weighted by Gasteiger charge is -2.15. The molecule has 0 saturated heterocycles. The van der Waals surface area contributed by atoms with Crippen molar-refractivity contribution in [3.05, 3.63) is 74.4 Å². The number of nitrogens with one attached hydrogen (secondary N) is 2. The zero-order chi connectivity index (χ0) is 21.8. The molecule has 6 nitrogen and oxygen atoms in total. The van der Waals surface area contributed by atoms with Crippen LogP contribution in [0, 0.1) is 0 Å². The van der Waals surface area contributed by atoms with Gasteiger partial charge in [-0.15, -0.1) is 0 Å². The van der Waals surface area contributed by atoms with E-state index in [1.807, 2.05) is 32.0 Å². The van der Waals surface area contributed by atoms with Gasteiger partial charge in [0.25, 0.3) is 5.91 Å². The first-order chi connectivity index (χ1) is 14.3. The van der Waals surface area contributed by atoms with Crippen molar-refractivity contribution in [2.24, 2.45) is 0 Å². The van der Waals surface area contributed by atoms with Gasteiger partial charge in [-0.25, -0.2) is 4.68 Å². The lowest BCUT2D eigenvalue weighted by atomic mass is 10.1. The average molecular weight is 510 g/mol. The van der Waals surface area contributed by atoms with E-state index in [9.17, 15) is 9.59 Å². The van der Waals surface area contributed by atoms with Crippen LogP contribution >= 0.6 is 39.1 Å². The largest absolute Gasteiger partial charge is 0.350 e. The summed E-state index contributed by atoms with van der Waals surface area (Å²) in [7, 11) is 0. The number of carbonyl (C=O) groups is 2. The second kappa shape index (κ2) is 9.64. The molecule has 0 aliphatic carbocycles. The van der Waals surface area contributed by atoms with E-state index in [0.717, 1.165) is 0 Å². The summed E-state index contributed by atoms with van der Waals surface area (Å²) in [6, 6.07) is 13.8. The molecule has 0 aliphatic heterocycles. The number of rotatable bonds is 6. The summed E-state index contributed by atoms with van der Waals surface area (Å²) in [5.74, 6) is -0.658. The number of amides is 2. The van der Waals surface area contributed by atoms with Gasteiger partial charge in [0.05, 0.1) is 39.1 Å². The van der Waals surface area contributed by atoms with Gasteiger partial charge < -0.3 is 10.6 Å². The van der Waals surface area contributed by atoms with Gasteiger partial charge in [-0.2, -0.15) is 5.10 Å². The number of halogens is 3. The van der Waals surface area contributed by atoms with Gasteiger partial charge in [0, 0.05) is 6.04 Å². The Hall–Kier alpha value is -2.35. The van der Waals surface area contributed by atoms with Crippen molar-refractivity contribution < 1.29 is 9.59 Å². The van der Waals surface area contributed by atoms with Crippen molar-refractivity contribution in [3.63, 3.8) is 0 Å². The highest BCUT2D eigenvalue weighted by atomic mass is 79.9. The molecule has 2 aromatic carbocycles. The number of para-hydroxylation sites is 2. The molecule has 0 aliphatic rings. The van der Waals surface area contributed by atoms with Crippen LogP contribution in [-0.4, -0.2) is 27.6 Å². The fourth-order valence-corrected chi connectivity index (χ4v) is 3.73. The molecule has 2 N–H and O–H groups in total. The van der Waals surface area contributed by atoms with Gasteiger partial charge in [-0.3, -0.25) is 9.59 Å². The second-order valence-corrected chi connectivity index (χ2v) is 8.46. The molecule has 0 unspecified atom stereocenters. The Kier molecular flexibility index (Phi) is 7.18. The van der Waals surface area contributed by atoms with E-state index in [1.165, 1.54) is 0 Å². The molecule has 1 aromatic heterocycles. The standard InChI is InChI=1S/C21H19BrCl2N4O2/c1-12(2)25-21(30)14-6-5-8-16(24)20(14)26-19(29)11-13-10-18(22)27-28(13)17-9-4-3-7-15(17)23/h3-10,12H,11H2,1-2H3,(H,25,30)(H,26,29). The minimum Gasteiger partial charge on any atom is -0.350 e. The van der Waals surface area contributed by atoms with Gasteiger partial charge in [-0.1, -0.05) is 41.4 Å². The summed E-state index contributed by atoms with van der Waals surface area (Å²) in [6.45, 7) is 3.71. The van der Waals surface area contributed by atoms with E-state index in [1.54, 1.807) is 35.0 Å². The van der Waals surface area contributed by atoms with Crippen LogP contribution in [0.15, 0.2) is 53.1 Å². The van der Waals surface area contributed by atoms with Crippen LogP contribution in [0.5, 0.6) is 0 Å². The van der Waals surface area contributed by atoms with Crippen molar-refractivity contribution in [1.29, 1.82) is 0 Å². The van der Waals surface area contributed by atoms with Gasteiger partial charge in [-0.05, 0) is 60.1 Å². The lowest BCUT2D eigenvalue weighted by Crippen LogP contribution is -2.31. The van der Waals surface area contributed by atoms with Crippen molar-refractivity contribution in [1.82, 2.24) is 15.1 Å². The summed E-state index contributed by atoms with van der Waals surface area (Å²) in [4.78, 5) is 25.3. The first-order valence-electron chi connectivity index (χ1n) is 9.15. The molecule has 30 heavy (non-hydrogen) atoms. The highest BCUT2D eigenvalue weighted by Crippen LogP contribution is 2.27. The Labute approximate surface area is 192 Å². The maximum absolute atomic E-state index is 12.8. The van der Waals surface area contributed by atoms with Crippen molar-refractivity contribution >= 4 is 56.6 Å². The topological polar surface area (TPSA) is 76.0 Å². The number of hydrogen-bond donors (Lipinski definition) is 2. The summed E-state index contributed by atoms with van der Waals surface area (Å²) in [5, 5.41) is 10.7. The lowest BCUT2D eigenvalue weighted by molar-refractivity contribution is -0.115. The first kappa shape index (κ1) is 22.3. The quantitative estimate of drug-likeness (QED) is 0.475. The van der Waals surface area contributed by atoms with Gasteiger partial charge in [0.15, 0.2) is 0 Å². The predicted molar refractivity (Wildman–Crippen MR) is 123 cm³/mol. The fraction of sp³-hybridized carbons (Fsp3) is 0.190. The molecule has 0 spiro atoms. The number of carbonyl (C=O) groups excluding carboxylic acids is 2. The molecular weight excluding hydrogens is 491 g/mol. The van der Waals surface area contributed by atoms with Crippen molar-refractivity contribution in [3.8, 4) is 5.69 Å². The minimum atomic E-state index is -0.345. The molecule has 3 rings (SSSR count). The Morgan fingerprint density at radius 3 is 2.50 bits per heavy atom. The van der Waals surface area contributed by atoms with Gasteiger partial charge in [0.2, 0.25) is 5.91 Å². The zero-order valence-electron chi connectivity index (χ0n) is 16.2. The Balaban J connectivity index is 1.86. The smallest absolute Gasteiger partial charge is 0.253 e. The maximum Gasteiger partial charge on any atom is 0.253 e. The molecule has 156 valence electrons. The summed E-state index contributed by atoms with van der Waals surface area (Å²) in [6.07, 6.45) is 0.000284. The number of nitrogens with zero attached hydrogens (tertiary/aromatic N) is 2. The first-order valence-corrected chi connectivity index (χ1v) is 10.7. The van der Waals surface area contributed by atoms with Crippen LogP contribution in [0.2, 0.25) is 10.0 Å². The van der Waals surface area contributed by atoms with Crippen molar-refractivity contribution in [2.45, 2.75) is 26.3 Å². The molecule has 1 heterocycles. The van der Waals surface area contributed by atoms with E-state index in [4.69, 9.17) is 23.2 Å². The molecule has 0 bridgehead atoms. The van der Waals surface area contributed by atoms with E-state index < -0.39 is 0 Å². The Bertz CT molecular complexity index is 1100. The highest BCUT2D eigenvalue weighted by Gasteiger charge is 2.19. The van der Waals surface area contributed by atoms with Crippen LogP contribution in [0.4, 0.5) is 5.69 Å². The monoisotopic (exact) mass is 508 g/mol. The van der Waals surface area contributed by atoms with Crippen LogP contribution in [0.1, 0.15) is 29.9 Å². The van der Waals surface area contributed by atoms with E-state index in [2.05, 4.69) is 31.7 Å². The molecular formula is C21H19BrCl2N4O2. The van der Waals surface area contributed by atoms with E-state index in [0.29, 0.717) is 26.6 Å². The zero-order valence-corrected chi connectivity index (χ0v) is 19.3. The number of benzene rings is 2. The normalized spacial score (nSPS) is 10.9. The molecule has 9 heteroatoms. The van der Waals surface area contributed by atoms with Crippen LogP contribution in [-0.2, 0) is 11.2 Å². The molecule has 3 aromatic rings. The van der Waals surface area contributed by atoms with Gasteiger partial charge >= 0.3 is 0 Å². The maximum atomic E-state index is 12.8. The van der Waals surface area contributed by atoms with E-state index in [-0.39, 0.29) is 35.0 Å². The Morgan fingerprint density at radius 2 is 1.80 bits per heavy atom. The third kappa shape index (κ3) is 5.22. The fourth-order valence-electron chi connectivity index (χ4n) is 2.87. The average Bonchev–Trinajstić information content (AvgIpc) is 3.02. The number of aromatic nitrogens is 2. The van der Waals surface area contributed by atoms with Crippen LogP contribution in [0.3, 0.4) is 0 Å². The van der Waals surface area contributed by atoms with Crippen LogP contribution < -0.4 is 10.6 Å². The third-order valence-corrected chi connectivity index (χ3v) is 5.14. The second-order valence-electron chi connectivity index (χ2n) is 6.84. The molecule has 0 atom stereocenters. The van der Waals surface area contributed by atoms with Crippen LogP contribution in [0.25, 0.3) is 5.69 Å². The van der Waals surface area contributed by atoms with E-state index >= 15 is 0 Å². The molecule has 0 fully saturated rings. The summed E-state index contributed by atoms with van der Waals surface area (Å²) < 4.78 is 2.17. The number of anilines is 1. The Morgan fingerprint density at radius 1 is 1.10 bits per heavy atom. The molecule has 2 amide bonds. The SMILES string of the molecule is CC(C)NC(=O)c1cccc(Cl)c1NC(=O)Cc1cc(Br)nn1-c1ccccc1Cl. The number of hydrogen-bond acceptors (Lipinski definition) is 3. The highest BCUT2D eigenvalue weighted by molar-refractivity contribution is 9.10. The molecule has 0 radical (unpaired) electrons. The summed E-state index contributed by atoms with van der Waals surface area (Å²) >= 11 is 15.9. The minimum absolute atomic E-state index is 0.000284. The van der Waals surface area contributed by atoms with Crippen molar-refractivity contribution in [2.75, 3.05) is 5.32 Å². The summed E-state index contributed by atoms with van der Waals surface area (Å²) in [5.41, 5.74) is 1.84. The third-order valence-electron chi connectivity index (χ3n) is 4.12. The molecule has 0 saturated carbocycles. The van der Waals surface area contributed by atoms with Gasteiger partial charge in [0.1, 0.15) is 4.60 Å².